The summed E-state index contributed by atoms with van der Waals surface area (Å²) in [7, 11) is 0. The number of piperazine rings is 1. The average molecular weight is 446 g/mol. The number of nitrogens with zero attached hydrogens (tertiary/aromatic N) is 7. The van der Waals surface area contributed by atoms with Crippen molar-refractivity contribution in [3.8, 4) is 10.4 Å². The van der Waals surface area contributed by atoms with E-state index >= 15 is 0 Å². The fraction of sp³-hybridized carbons (Fsp3) is 0.417. The molecule has 1 aromatic carbocycles. The smallest absolute Gasteiger partial charge is 0.147 e. The molecule has 1 saturated heterocycles. The summed E-state index contributed by atoms with van der Waals surface area (Å²) in [5.74, 6) is 3.36. The molecule has 164 valence electrons. The van der Waals surface area contributed by atoms with Crippen LogP contribution in [0.5, 0.6) is 0 Å². The van der Waals surface area contributed by atoms with Gasteiger partial charge in [0, 0.05) is 44.0 Å². The zero-order valence-electron chi connectivity index (χ0n) is 18.2. The Morgan fingerprint density at radius 3 is 2.62 bits per heavy atom. The van der Waals surface area contributed by atoms with Gasteiger partial charge in [-0.3, -0.25) is 4.90 Å². The molecule has 6 rings (SSSR count). The Kier molecular flexibility index (Phi) is 5.32. The number of hydrogen-bond acceptors (Lipinski definition) is 7. The van der Waals surface area contributed by atoms with Crippen LogP contribution in [0.3, 0.4) is 0 Å². The molecule has 5 heterocycles. The van der Waals surface area contributed by atoms with Crippen molar-refractivity contribution in [3.05, 3.63) is 54.4 Å². The van der Waals surface area contributed by atoms with Crippen LogP contribution in [0.2, 0.25) is 0 Å². The highest BCUT2D eigenvalue weighted by Gasteiger charge is 2.23. The summed E-state index contributed by atoms with van der Waals surface area (Å²) >= 11 is 1.74. The van der Waals surface area contributed by atoms with Crippen LogP contribution in [0.15, 0.2) is 42.7 Å². The molecule has 0 amide bonds. The van der Waals surface area contributed by atoms with Crippen molar-refractivity contribution in [1.82, 2.24) is 29.6 Å². The summed E-state index contributed by atoms with van der Waals surface area (Å²) in [5.41, 5.74) is 1.23. The van der Waals surface area contributed by atoms with Crippen molar-refractivity contribution in [1.29, 1.82) is 0 Å². The van der Waals surface area contributed by atoms with Gasteiger partial charge in [0.25, 0.3) is 0 Å². The lowest BCUT2D eigenvalue weighted by Gasteiger charge is -2.35. The largest absolute Gasteiger partial charge is 0.353 e. The van der Waals surface area contributed by atoms with Gasteiger partial charge >= 0.3 is 0 Å². The summed E-state index contributed by atoms with van der Waals surface area (Å²) in [6.45, 7) is 5.88. The second kappa shape index (κ2) is 8.60. The maximum absolute atomic E-state index is 4.68. The molecule has 0 aliphatic carbocycles. The lowest BCUT2D eigenvalue weighted by molar-refractivity contribution is 0.239. The highest BCUT2D eigenvalue weighted by Crippen LogP contribution is 2.36. The van der Waals surface area contributed by atoms with Crippen molar-refractivity contribution >= 4 is 27.4 Å². The molecule has 8 heteroatoms. The SMILES string of the molecule is c1ccc(-c2cc3c(N4CCN(Cc5nnc6n5CCCCC6)CC4)ncnc3s2)cc1. The molecule has 4 aromatic rings. The Labute approximate surface area is 191 Å². The van der Waals surface area contributed by atoms with Gasteiger partial charge < -0.3 is 9.47 Å². The fourth-order valence-corrected chi connectivity index (χ4v) is 5.82. The van der Waals surface area contributed by atoms with Gasteiger partial charge in [0.2, 0.25) is 0 Å². The fourth-order valence-electron chi connectivity index (χ4n) is 4.82. The lowest BCUT2D eigenvalue weighted by atomic mass is 10.2. The molecule has 3 aromatic heterocycles. The van der Waals surface area contributed by atoms with Crippen LogP contribution < -0.4 is 4.90 Å². The first-order valence-corrected chi connectivity index (χ1v) is 12.3. The van der Waals surface area contributed by atoms with Crippen LogP contribution in [-0.4, -0.2) is 55.8 Å². The Morgan fingerprint density at radius 1 is 0.875 bits per heavy atom. The summed E-state index contributed by atoms with van der Waals surface area (Å²) in [6.07, 6.45) is 6.54. The molecule has 0 unspecified atom stereocenters. The van der Waals surface area contributed by atoms with Crippen LogP contribution in [0, 0.1) is 0 Å². The molecule has 1 fully saturated rings. The first-order valence-electron chi connectivity index (χ1n) is 11.5. The van der Waals surface area contributed by atoms with E-state index in [4.69, 9.17) is 0 Å². The van der Waals surface area contributed by atoms with Crippen molar-refractivity contribution in [3.63, 3.8) is 0 Å². The number of fused-ring (bicyclic) bond motifs is 2. The topological polar surface area (TPSA) is 63.0 Å². The Hall–Kier alpha value is -2.84. The summed E-state index contributed by atoms with van der Waals surface area (Å²) in [5, 5.41) is 10.1. The minimum atomic E-state index is 0.886. The standard InChI is InChI=1S/C24H27N7S/c1-3-7-18(8-4-1)20-15-19-23(25-17-26-24(19)32-20)30-13-11-29(12-14-30)16-22-28-27-21-9-5-2-6-10-31(21)22/h1,3-4,7-8,15,17H,2,5-6,9-14,16H2. The van der Waals surface area contributed by atoms with Crippen molar-refractivity contribution in [2.75, 3.05) is 31.1 Å². The molecule has 2 aliphatic heterocycles. The zero-order valence-corrected chi connectivity index (χ0v) is 19.0. The van der Waals surface area contributed by atoms with E-state index < -0.39 is 0 Å². The van der Waals surface area contributed by atoms with Gasteiger partial charge in [0.05, 0.1) is 11.9 Å². The molecule has 0 atom stereocenters. The monoisotopic (exact) mass is 445 g/mol. The number of thiophene rings is 1. The lowest BCUT2D eigenvalue weighted by Crippen LogP contribution is -2.46. The van der Waals surface area contributed by atoms with E-state index in [-0.39, 0.29) is 0 Å². The van der Waals surface area contributed by atoms with E-state index in [1.165, 1.54) is 35.5 Å². The van der Waals surface area contributed by atoms with E-state index in [2.05, 4.69) is 70.9 Å². The third-order valence-corrected chi connectivity index (χ3v) is 7.68. The minimum absolute atomic E-state index is 0.886. The van der Waals surface area contributed by atoms with Crippen LogP contribution in [0.1, 0.15) is 30.9 Å². The predicted molar refractivity (Wildman–Crippen MR) is 128 cm³/mol. The quantitative estimate of drug-likeness (QED) is 0.473. The summed E-state index contributed by atoms with van der Waals surface area (Å²) in [6, 6.07) is 12.8. The summed E-state index contributed by atoms with van der Waals surface area (Å²) in [4.78, 5) is 16.4. The minimum Gasteiger partial charge on any atom is -0.353 e. The van der Waals surface area contributed by atoms with Gasteiger partial charge in [-0.1, -0.05) is 36.8 Å². The van der Waals surface area contributed by atoms with E-state index in [0.29, 0.717) is 0 Å². The number of aromatic nitrogens is 5. The molecule has 0 bridgehead atoms. The Bertz CT molecular complexity index is 1210. The van der Waals surface area contributed by atoms with Gasteiger partial charge in [-0.25, -0.2) is 9.97 Å². The van der Waals surface area contributed by atoms with E-state index in [1.807, 2.05) is 0 Å². The summed E-state index contributed by atoms with van der Waals surface area (Å²) < 4.78 is 2.36. The van der Waals surface area contributed by atoms with Crippen LogP contribution in [0.4, 0.5) is 5.82 Å². The third-order valence-electron chi connectivity index (χ3n) is 6.59. The number of rotatable bonds is 4. The molecular formula is C24H27N7S. The molecule has 7 nitrogen and oxygen atoms in total. The third kappa shape index (κ3) is 3.78. The number of benzene rings is 1. The van der Waals surface area contributed by atoms with Crippen molar-refractivity contribution in [2.45, 2.75) is 38.8 Å². The second-order valence-corrected chi connectivity index (χ2v) is 9.68. The van der Waals surface area contributed by atoms with E-state index in [0.717, 1.165) is 67.5 Å². The zero-order chi connectivity index (χ0) is 21.3. The Morgan fingerprint density at radius 2 is 1.75 bits per heavy atom. The van der Waals surface area contributed by atoms with Gasteiger partial charge in [-0.2, -0.15) is 0 Å². The molecule has 0 saturated carbocycles. The maximum atomic E-state index is 4.68. The van der Waals surface area contributed by atoms with Crippen LogP contribution in [-0.2, 0) is 19.5 Å². The van der Waals surface area contributed by atoms with Crippen LogP contribution >= 0.6 is 11.3 Å². The van der Waals surface area contributed by atoms with Gasteiger partial charge in [0.1, 0.15) is 28.6 Å². The first-order chi connectivity index (χ1) is 15.8. The number of hydrogen-bond donors (Lipinski definition) is 0. The van der Waals surface area contributed by atoms with Gasteiger partial charge in [-0.15, -0.1) is 21.5 Å². The molecule has 2 aliphatic rings. The Balaban J connectivity index is 1.17. The van der Waals surface area contributed by atoms with Crippen LogP contribution in [0.25, 0.3) is 20.7 Å². The predicted octanol–water partition coefficient (Wildman–Crippen LogP) is 4.00. The van der Waals surface area contributed by atoms with Gasteiger partial charge in [-0.05, 0) is 24.5 Å². The van der Waals surface area contributed by atoms with Gasteiger partial charge in [0.15, 0.2) is 0 Å². The van der Waals surface area contributed by atoms with E-state index in [1.54, 1.807) is 17.7 Å². The first kappa shape index (κ1) is 19.8. The number of aryl methyl sites for hydroxylation is 1. The number of anilines is 1. The highest BCUT2D eigenvalue weighted by molar-refractivity contribution is 7.21. The molecule has 32 heavy (non-hydrogen) atoms. The molecule has 0 N–H and O–H groups in total. The molecular weight excluding hydrogens is 418 g/mol. The highest BCUT2D eigenvalue weighted by atomic mass is 32.1. The second-order valence-electron chi connectivity index (χ2n) is 8.65. The molecule has 0 radical (unpaired) electrons. The van der Waals surface area contributed by atoms with Crippen molar-refractivity contribution in [2.24, 2.45) is 0 Å². The maximum Gasteiger partial charge on any atom is 0.147 e. The van der Waals surface area contributed by atoms with Crippen molar-refractivity contribution < 1.29 is 0 Å². The average Bonchev–Trinajstić information content (AvgIpc) is 3.36. The molecule has 0 spiro atoms. The normalized spacial score (nSPS) is 17.4. The van der Waals surface area contributed by atoms with E-state index in [9.17, 15) is 0 Å².